The molecular weight excluding hydrogens is 248 g/mol. The SMILES string of the molecule is c1ccc2c(c1)CO[C@H](c1ccnc3ccccc13)N2. The summed E-state index contributed by atoms with van der Waals surface area (Å²) in [6, 6.07) is 18.4. The van der Waals surface area contributed by atoms with E-state index < -0.39 is 0 Å². The summed E-state index contributed by atoms with van der Waals surface area (Å²) in [5, 5.41) is 4.59. The van der Waals surface area contributed by atoms with Crippen molar-refractivity contribution in [2.75, 3.05) is 5.32 Å². The summed E-state index contributed by atoms with van der Waals surface area (Å²) < 4.78 is 5.96. The minimum Gasteiger partial charge on any atom is -0.356 e. The number of anilines is 1. The van der Waals surface area contributed by atoms with Gasteiger partial charge in [0.15, 0.2) is 6.23 Å². The molecule has 3 nitrogen and oxygen atoms in total. The third-order valence-electron chi connectivity index (χ3n) is 3.67. The quantitative estimate of drug-likeness (QED) is 0.722. The number of fused-ring (bicyclic) bond motifs is 2. The first-order valence-electron chi connectivity index (χ1n) is 6.71. The second-order valence-corrected chi connectivity index (χ2v) is 4.91. The van der Waals surface area contributed by atoms with Crippen molar-refractivity contribution >= 4 is 16.6 Å². The number of hydrogen-bond acceptors (Lipinski definition) is 3. The Balaban J connectivity index is 1.78. The zero-order chi connectivity index (χ0) is 13.4. The normalized spacial score (nSPS) is 17.5. The Kier molecular flexibility index (Phi) is 2.64. The first-order chi connectivity index (χ1) is 9.92. The van der Waals surface area contributed by atoms with Crippen LogP contribution in [0.2, 0.25) is 0 Å². The highest BCUT2D eigenvalue weighted by Crippen LogP contribution is 2.32. The van der Waals surface area contributed by atoms with Crippen LogP contribution < -0.4 is 5.32 Å². The van der Waals surface area contributed by atoms with Crippen LogP contribution in [0.4, 0.5) is 5.69 Å². The van der Waals surface area contributed by atoms with Gasteiger partial charge in [0.2, 0.25) is 0 Å². The Morgan fingerprint density at radius 2 is 1.85 bits per heavy atom. The van der Waals surface area contributed by atoms with Crippen molar-refractivity contribution in [2.45, 2.75) is 12.8 Å². The molecule has 1 aliphatic heterocycles. The molecule has 3 heteroatoms. The number of benzene rings is 2. The van der Waals surface area contributed by atoms with E-state index >= 15 is 0 Å². The molecule has 0 saturated carbocycles. The predicted octanol–water partition coefficient (Wildman–Crippen LogP) is 3.88. The number of ether oxygens (including phenoxy) is 1. The van der Waals surface area contributed by atoms with Crippen molar-refractivity contribution in [1.29, 1.82) is 0 Å². The number of nitrogens with zero attached hydrogens (tertiary/aromatic N) is 1. The van der Waals surface area contributed by atoms with Gasteiger partial charge in [0.1, 0.15) is 0 Å². The lowest BCUT2D eigenvalue weighted by atomic mass is 10.1. The highest BCUT2D eigenvalue weighted by molar-refractivity contribution is 5.82. The summed E-state index contributed by atoms with van der Waals surface area (Å²) in [5.41, 5.74) is 4.46. The Morgan fingerprint density at radius 3 is 2.85 bits per heavy atom. The van der Waals surface area contributed by atoms with Gasteiger partial charge in [-0.25, -0.2) is 0 Å². The molecule has 2 aromatic carbocycles. The third kappa shape index (κ3) is 1.84. The number of nitrogens with one attached hydrogen (secondary N) is 1. The standard InChI is InChI=1S/C17H14N2O/c1-3-7-15-12(5-1)11-20-17(19-15)14-9-10-18-16-8-4-2-6-13(14)16/h1-10,17,19H,11H2/t17-/m1/s1. The molecule has 0 radical (unpaired) electrons. The average molecular weight is 262 g/mol. The molecule has 0 fully saturated rings. The van der Waals surface area contributed by atoms with E-state index in [4.69, 9.17) is 4.74 Å². The van der Waals surface area contributed by atoms with Crippen molar-refractivity contribution in [2.24, 2.45) is 0 Å². The maximum atomic E-state index is 5.96. The van der Waals surface area contributed by atoms with Gasteiger partial charge in [-0.15, -0.1) is 0 Å². The average Bonchev–Trinajstić information content (AvgIpc) is 2.54. The van der Waals surface area contributed by atoms with Crippen LogP contribution in [0.25, 0.3) is 10.9 Å². The van der Waals surface area contributed by atoms with E-state index in [-0.39, 0.29) is 6.23 Å². The number of pyridine rings is 1. The molecule has 0 spiro atoms. The largest absolute Gasteiger partial charge is 0.356 e. The fraction of sp³-hybridized carbons (Fsp3) is 0.118. The fourth-order valence-electron chi connectivity index (χ4n) is 2.66. The molecule has 1 aromatic heterocycles. The molecule has 20 heavy (non-hydrogen) atoms. The van der Waals surface area contributed by atoms with Crippen LogP contribution >= 0.6 is 0 Å². The lowest BCUT2D eigenvalue weighted by Crippen LogP contribution is -2.20. The molecular formula is C17H14N2O. The van der Waals surface area contributed by atoms with E-state index in [1.165, 1.54) is 5.56 Å². The summed E-state index contributed by atoms with van der Waals surface area (Å²) in [4.78, 5) is 4.40. The van der Waals surface area contributed by atoms with Crippen molar-refractivity contribution in [3.8, 4) is 0 Å². The molecule has 0 unspecified atom stereocenters. The number of aromatic nitrogens is 1. The molecule has 2 heterocycles. The molecule has 1 aliphatic rings. The van der Waals surface area contributed by atoms with Gasteiger partial charge in [0.25, 0.3) is 0 Å². The van der Waals surface area contributed by atoms with Crippen LogP contribution in [-0.2, 0) is 11.3 Å². The maximum absolute atomic E-state index is 5.96. The Hall–Kier alpha value is -2.39. The summed E-state index contributed by atoms with van der Waals surface area (Å²) in [5.74, 6) is 0. The molecule has 3 aromatic rings. The van der Waals surface area contributed by atoms with Crippen LogP contribution in [0.5, 0.6) is 0 Å². The molecule has 0 aliphatic carbocycles. The zero-order valence-corrected chi connectivity index (χ0v) is 10.9. The molecule has 98 valence electrons. The molecule has 0 saturated heterocycles. The number of hydrogen-bond donors (Lipinski definition) is 1. The minimum absolute atomic E-state index is 0.127. The van der Waals surface area contributed by atoms with Gasteiger partial charge in [0, 0.05) is 28.4 Å². The Morgan fingerprint density at radius 1 is 1.00 bits per heavy atom. The van der Waals surface area contributed by atoms with Crippen LogP contribution in [0.3, 0.4) is 0 Å². The van der Waals surface area contributed by atoms with Gasteiger partial charge in [0.05, 0.1) is 12.1 Å². The van der Waals surface area contributed by atoms with Crippen LogP contribution in [0, 0.1) is 0 Å². The first kappa shape index (κ1) is 11.4. The summed E-state index contributed by atoms with van der Waals surface area (Å²) in [7, 11) is 0. The molecule has 0 amide bonds. The lowest BCUT2D eigenvalue weighted by molar-refractivity contribution is 0.0516. The van der Waals surface area contributed by atoms with E-state index in [1.54, 1.807) is 0 Å². The monoisotopic (exact) mass is 262 g/mol. The topological polar surface area (TPSA) is 34.1 Å². The van der Waals surface area contributed by atoms with Crippen molar-refractivity contribution in [3.05, 3.63) is 71.9 Å². The van der Waals surface area contributed by atoms with Crippen LogP contribution in [0.1, 0.15) is 17.4 Å². The van der Waals surface area contributed by atoms with E-state index in [0.29, 0.717) is 6.61 Å². The first-order valence-corrected chi connectivity index (χ1v) is 6.71. The van der Waals surface area contributed by atoms with Gasteiger partial charge < -0.3 is 10.1 Å². The van der Waals surface area contributed by atoms with E-state index in [1.807, 2.05) is 42.6 Å². The van der Waals surface area contributed by atoms with Crippen LogP contribution in [-0.4, -0.2) is 4.98 Å². The predicted molar refractivity (Wildman–Crippen MR) is 79.3 cm³/mol. The summed E-state index contributed by atoms with van der Waals surface area (Å²) >= 11 is 0. The van der Waals surface area contributed by atoms with E-state index in [0.717, 1.165) is 22.2 Å². The molecule has 4 rings (SSSR count). The van der Waals surface area contributed by atoms with Crippen molar-refractivity contribution in [1.82, 2.24) is 4.98 Å². The second-order valence-electron chi connectivity index (χ2n) is 4.91. The van der Waals surface area contributed by atoms with E-state index in [2.05, 4.69) is 28.5 Å². The minimum atomic E-state index is -0.127. The highest BCUT2D eigenvalue weighted by Gasteiger charge is 2.20. The van der Waals surface area contributed by atoms with Crippen molar-refractivity contribution in [3.63, 3.8) is 0 Å². The maximum Gasteiger partial charge on any atom is 0.155 e. The van der Waals surface area contributed by atoms with E-state index in [9.17, 15) is 0 Å². The third-order valence-corrected chi connectivity index (χ3v) is 3.67. The van der Waals surface area contributed by atoms with Crippen molar-refractivity contribution < 1.29 is 4.74 Å². The highest BCUT2D eigenvalue weighted by atomic mass is 16.5. The van der Waals surface area contributed by atoms with Gasteiger partial charge >= 0.3 is 0 Å². The molecule has 1 N–H and O–H groups in total. The summed E-state index contributed by atoms with van der Waals surface area (Å²) in [6.07, 6.45) is 1.71. The fourth-order valence-corrected chi connectivity index (χ4v) is 2.66. The summed E-state index contributed by atoms with van der Waals surface area (Å²) in [6.45, 7) is 0.629. The second kappa shape index (κ2) is 4.62. The van der Waals surface area contributed by atoms with Gasteiger partial charge in [-0.2, -0.15) is 0 Å². The number of rotatable bonds is 1. The van der Waals surface area contributed by atoms with Gasteiger partial charge in [-0.1, -0.05) is 36.4 Å². The smallest absolute Gasteiger partial charge is 0.155 e. The Labute approximate surface area is 117 Å². The van der Waals surface area contributed by atoms with Gasteiger partial charge in [-0.3, -0.25) is 4.98 Å². The van der Waals surface area contributed by atoms with Gasteiger partial charge in [-0.05, 0) is 18.2 Å². The molecule has 0 bridgehead atoms. The zero-order valence-electron chi connectivity index (χ0n) is 10.9. The Bertz CT molecular complexity index is 764. The lowest BCUT2D eigenvalue weighted by Gasteiger charge is -2.28. The number of para-hydroxylation sites is 2. The van der Waals surface area contributed by atoms with Crippen LogP contribution in [0.15, 0.2) is 60.8 Å². The molecule has 1 atom stereocenters.